The van der Waals surface area contributed by atoms with Crippen molar-refractivity contribution in [1.29, 1.82) is 0 Å². The molecule has 0 radical (unpaired) electrons. The van der Waals surface area contributed by atoms with Crippen LogP contribution in [0.25, 0.3) is 23.2 Å². The van der Waals surface area contributed by atoms with Crippen LogP contribution >= 0.6 is 11.3 Å². The average Bonchev–Trinajstić information content (AvgIpc) is 3.45. The van der Waals surface area contributed by atoms with Crippen molar-refractivity contribution in [3.63, 3.8) is 0 Å². The fraction of sp³-hybridized carbons (Fsp3) is 0.348. The Balaban J connectivity index is 1.27. The molecule has 2 atom stereocenters. The molecule has 1 aliphatic carbocycles. The van der Waals surface area contributed by atoms with Gasteiger partial charge in [0.25, 0.3) is 0 Å². The summed E-state index contributed by atoms with van der Waals surface area (Å²) in [6.45, 7) is 4.64. The Morgan fingerprint density at radius 3 is 2.89 bits per heavy atom. The number of benzene rings is 1. The number of anilines is 1. The molecule has 3 aliphatic rings. The third-order valence-corrected chi connectivity index (χ3v) is 7.14. The topological polar surface area (TPSA) is 28.6 Å². The maximum atomic E-state index is 5.53. The Morgan fingerprint density at radius 2 is 1.96 bits per heavy atom. The number of ether oxygens (including phenoxy) is 1. The van der Waals surface area contributed by atoms with Gasteiger partial charge in [0.1, 0.15) is 0 Å². The number of aromatic nitrogens is 1. The van der Waals surface area contributed by atoms with Crippen molar-refractivity contribution in [3.05, 3.63) is 57.2 Å². The normalized spacial score (nSPS) is 23.9. The molecule has 5 heteroatoms. The van der Waals surface area contributed by atoms with Gasteiger partial charge in [0.05, 0.1) is 24.4 Å². The van der Waals surface area contributed by atoms with E-state index >= 15 is 0 Å². The molecule has 4 heterocycles. The van der Waals surface area contributed by atoms with Gasteiger partial charge in [-0.3, -0.25) is 4.98 Å². The molecule has 3 aromatic rings. The van der Waals surface area contributed by atoms with Gasteiger partial charge in [-0.15, -0.1) is 11.3 Å². The van der Waals surface area contributed by atoms with Crippen LogP contribution in [0.2, 0.25) is 0 Å². The summed E-state index contributed by atoms with van der Waals surface area (Å²) in [5, 5.41) is 4.94. The van der Waals surface area contributed by atoms with Gasteiger partial charge in [0, 0.05) is 64.0 Å². The lowest BCUT2D eigenvalue weighted by Crippen LogP contribution is -2.42. The molecule has 2 fully saturated rings. The van der Waals surface area contributed by atoms with Crippen LogP contribution in [0.15, 0.2) is 41.8 Å². The molecule has 2 aromatic heterocycles. The summed E-state index contributed by atoms with van der Waals surface area (Å²) in [7, 11) is 0. The molecule has 0 bridgehead atoms. The summed E-state index contributed by atoms with van der Waals surface area (Å²) in [5.74, 6) is 0.543. The molecule has 0 amide bonds. The molecule has 2 unspecified atom stereocenters. The Morgan fingerprint density at radius 1 is 1.07 bits per heavy atom. The highest BCUT2D eigenvalue weighted by atomic mass is 32.1. The second-order valence-corrected chi connectivity index (χ2v) is 8.78. The molecule has 4 nitrogen and oxygen atoms in total. The van der Waals surface area contributed by atoms with E-state index in [1.807, 2.05) is 11.3 Å². The van der Waals surface area contributed by atoms with Crippen molar-refractivity contribution < 1.29 is 4.74 Å². The first-order valence-electron chi connectivity index (χ1n) is 10.1. The molecule has 1 aromatic carbocycles. The SMILES string of the molecule is C1=c2scc(N3CCOCC3)c2=CN(C2CC2c2ccc3ccccc3n2)C1. The van der Waals surface area contributed by atoms with E-state index in [9.17, 15) is 0 Å². The van der Waals surface area contributed by atoms with E-state index in [2.05, 4.69) is 63.9 Å². The van der Waals surface area contributed by atoms with E-state index in [1.54, 1.807) is 0 Å². The maximum Gasteiger partial charge on any atom is 0.0705 e. The minimum absolute atomic E-state index is 0.543. The van der Waals surface area contributed by atoms with E-state index in [4.69, 9.17) is 9.72 Å². The smallest absolute Gasteiger partial charge is 0.0705 e. The largest absolute Gasteiger partial charge is 0.378 e. The Kier molecular flexibility index (Phi) is 3.91. The van der Waals surface area contributed by atoms with Gasteiger partial charge >= 0.3 is 0 Å². The highest BCUT2D eigenvalue weighted by Gasteiger charge is 2.43. The summed E-state index contributed by atoms with van der Waals surface area (Å²) in [6.07, 6.45) is 6.00. The first-order valence-corrected chi connectivity index (χ1v) is 11.0. The third kappa shape index (κ3) is 2.81. The maximum absolute atomic E-state index is 5.53. The van der Waals surface area contributed by atoms with Gasteiger partial charge in [-0.2, -0.15) is 0 Å². The summed E-state index contributed by atoms with van der Waals surface area (Å²) in [6, 6.07) is 13.4. The van der Waals surface area contributed by atoms with Crippen LogP contribution in [0.1, 0.15) is 18.0 Å². The fourth-order valence-corrected chi connectivity index (χ4v) is 5.47. The van der Waals surface area contributed by atoms with Crippen molar-refractivity contribution >= 4 is 40.2 Å². The van der Waals surface area contributed by atoms with E-state index in [0.717, 1.165) is 38.4 Å². The van der Waals surface area contributed by atoms with Gasteiger partial charge in [-0.1, -0.05) is 24.3 Å². The quantitative estimate of drug-likeness (QED) is 0.688. The van der Waals surface area contributed by atoms with Crippen LogP contribution < -0.4 is 14.7 Å². The van der Waals surface area contributed by atoms with Crippen LogP contribution in [0.5, 0.6) is 0 Å². The molecule has 1 saturated carbocycles. The van der Waals surface area contributed by atoms with Crippen molar-refractivity contribution in [2.24, 2.45) is 0 Å². The molecule has 6 rings (SSSR count). The van der Waals surface area contributed by atoms with Crippen molar-refractivity contribution in [2.45, 2.75) is 18.4 Å². The van der Waals surface area contributed by atoms with Crippen molar-refractivity contribution in [2.75, 3.05) is 37.7 Å². The van der Waals surface area contributed by atoms with Crippen molar-refractivity contribution in [3.8, 4) is 0 Å². The Bertz CT molecular complexity index is 1150. The van der Waals surface area contributed by atoms with Gasteiger partial charge in [-0.25, -0.2) is 0 Å². The molecule has 142 valence electrons. The standard InChI is InChI=1S/C23H23N3OS/c1-2-4-19-16(3-1)5-6-20(24-19)17-13-21(17)26-8-7-23-18(14-26)22(15-28-23)25-9-11-27-12-10-25/h1-7,14-15,17,21H,8-13H2. The zero-order valence-electron chi connectivity index (χ0n) is 15.8. The van der Waals surface area contributed by atoms with Gasteiger partial charge in [0.15, 0.2) is 0 Å². The lowest BCUT2D eigenvalue weighted by atomic mass is 10.1. The second kappa shape index (κ2) is 6.61. The van der Waals surface area contributed by atoms with Crippen LogP contribution in [0, 0.1) is 0 Å². The summed E-state index contributed by atoms with van der Waals surface area (Å²) < 4.78 is 6.95. The lowest BCUT2D eigenvalue weighted by Gasteiger charge is -2.29. The van der Waals surface area contributed by atoms with Crippen LogP contribution in [-0.4, -0.2) is 48.8 Å². The number of nitrogens with zero attached hydrogens (tertiary/aromatic N) is 3. The van der Waals surface area contributed by atoms with E-state index in [1.165, 1.54) is 32.9 Å². The highest BCUT2D eigenvalue weighted by Crippen LogP contribution is 2.44. The first kappa shape index (κ1) is 16.6. The van der Waals surface area contributed by atoms with Crippen molar-refractivity contribution in [1.82, 2.24) is 9.88 Å². The number of fused-ring (bicyclic) bond motifs is 2. The van der Waals surface area contributed by atoms with Crippen LogP contribution in [0.4, 0.5) is 5.69 Å². The van der Waals surface area contributed by atoms with E-state index in [-0.39, 0.29) is 0 Å². The zero-order valence-corrected chi connectivity index (χ0v) is 16.6. The third-order valence-electron chi connectivity index (χ3n) is 6.16. The predicted octanol–water partition coefficient (Wildman–Crippen LogP) is 2.52. The molecular formula is C23H23N3OS. The fourth-order valence-electron chi connectivity index (χ4n) is 4.50. The second-order valence-electron chi connectivity index (χ2n) is 7.87. The minimum Gasteiger partial charge on any atom is -0.378 e. The molecule has 1 saturated heterocycles. The van der Waals surface area contributed by atoms with Gasteiger partial charge in [-0.05, 0) is 24.6 Å². The number of pyridine rings is 1. The summed E-state index contributed by atoms with van der Waals surface area (Å²) >= 11 is 1.87. The highest BCUT2D eigenvalue weighted by molar-refractivity contribution is 7.08. The van der Waals surface area contributed by atoms with Gasteiger partial charge < -0.3 is 14.5 Å². The zero-order chi connectivity index (χ0) is 18.5. The Hall–Kier alpha value is -2.37. The van der Waals surface area contributed by atoms with E-state index in [0.29, 0.717) is 12.0 Å². The van der Waals surface area contributed by atoms with Crippen LogP contribution in [0.3, 0.4) is 0 Å². The molecule has 28 heavy (non-hydrogen) atoms. The van der Waals surface area contributed by atoms with Crippen LogP contribution in [-0.2, 0) is 4.74 Å². The number of thiophene rings is 1. The summed E-state index contributed by atoms with van der Waals surface area (Å²) in [5.41, 5.74) is 3.72. The first-order chi connectivity index (χ1) is 13.9. The Labute approximate surface area is 168 Å². The molecular weight excluding hydrogens is 366 g/mol. The molecule has 0 N–H and O–H groups in total. The minimum atomic E-state index is 0.543. The number of para-hydroxylation sites is 1. The average molecular weight is 390 g/mol. The van der Waals surface area contributed by atoms with Gasteiger partial charge in [0.2, 0.25) is 0 Å². The summed E-state index contributed by atoms with van der Waals surface area (Å²) in [4.78, 5) is 9.94. The number of morpholine rings is 1. The number of hydrogen-bond donors (Lipinski definition) is 0. The van der Waals surface area contributed by atoms with E-state index < -0.39 is 0 Å². The monoisotopic (exact) mass is 389 g/mol. The number of rotatable bonds is 3. The molecule has 0 spiro atoms. The predicted molar refractivity (Wildman–Crippen MR) is 115 cm³/mol. The number of hydrogen-bond acceptors (Lipinski definition) is 5. The molecule has 2 aliphatic heterocycles. The lowest BCUT2D eigenvalue weighted by molar-refractivity contribution is 0.122.